The van der Waals surface area contributed by atoms with Gasteiger partial charge in [-0.2, -0.15) is 0 Å². The van der Waals surface area contributed by atoms with E-state index in [1.54, 1.807) is 23.5 Å². The maximum Gasteiger partial charge on any atom is 0.128 e. The van der Waals surface area contributed by atoms with Gasteiger partial charge in [0, 0.05) is 27.3 Å². The van der Waals surface area contributed by atoms with E-state index in [2.05, 4.69) is 19.1 Å². The molecule has 0 bridgehead atoms. The van der Waals surface area contributed by atoms with Crippen molar-refractivity contribution in [2.75, 3.05) is 0 Å². The quantitative estimate of drug-likeness (QED) is 0.890. The van der Waals surface area contributed by atoms with Gasteiger partial charge in [-0.05, 0) is 31.5 Å². The van der Waals surface area contributed by atoms with Crippen LogP contribution < -0.4 is 5.73 Å². The van der Waals surface area contributed by atoms with Crippen molar-refractivity contribution in [3.8, 4) is 0 Å². The van der Waals surface area contributed by atoms with Crippen LogP contribution in [0.3, 0.4) is 0 Å². The minimum absolute atomic E-state index is 0.227. The normalized spacial score (nSPS) is 14.4. The Balaban J connectivity index is 2.24. The highest BCUT2D eigenvalue weighted by atomic mass is 32.1. The highest BCUT2D eigenvalue weighted by Crippen LogP contribution is 2.28. The molecule has 0 spiro atoms. The number of rotatable bonds is 4. The molecule has 2 aromatic rings. The molecule has 0 aliphatic heterocycles. The summed E-state index contributed by atoms with van der Waals surface area (Å²) in [5.74, 6) is -0.227. The predicted molar refractivity (Wildman–Crippen MR) is 75.3 cm³/mol. The lowest BCUT2D eigenvalue weighted by Gasteiger charge is -2.25. The molecule has 0 aliphatic rings. The number of halogens is 1. The summed E-state index contributed by atoms with van der Waals surface area (Å²) in [5.41, 5.74) is 6.20. The fourth-order valence-electron chi connectivity index (χ4n) is 2.09. The van der Waals surface area contributed by atoms with Gasteiger partial charge in [-0.1, -0.05) is 25.1 Å². The first kappa shape index (κ1) is 13.2. The lowest BCUT2D eigenvalue weighted by molar-refractivity contribution is 0.460. The van der Waals surface area contributed by atoms with E-state index >= 15 is 0 Å². The first-order valence-electron chi connectivity index (χ1n) is 6.14. The van der Waals surface area contributed by atoms with E-state index in [1.807, 2.05) is 13.0 Å². The molecule has 2 N–H and O–H groups in total. The van der Waals surface area contributed by atoms with Gasteiger partial charge in [0.2, 0.25) is 0 Å². The standard InChI is InChI=1S/C15H18FNS/c1-3-11-8-9-12(18-11)10-15(2,17)13-6-4-5-7-14(13)16/h4-9H,3,10,17H2,1-2H3. The van der Waals surface area contributed by atoms with Crippen molar-refractivity contribution in [2.24, 2.45) is 5.73 Å². The number of benzene rings is 1. The summed E-state index contributed by atoms with van der Waals surface area (Å²) in [6.45, 7) is 4.02. The predicted octanol–water partition coefficient (Wildman–Crippen LogP) is 3.87. The zero-order valence-electron chi connectivity index (χ0n) is 10.7. The van der Waals surface area contributed by atoms with E-state index < -0.39 is 5.54 Å². The molecule has 1 atom stereocenters. The second-order valence-electron chi connectivity index (χ2n) is 4.80. The van der Waals surface area contributed by atoms with Gasteiger partial charge in [-0.3, -0.25) is 0 Å². The molecule has 18 heavy (non-hydrogen) atoms. The molecule has 3 heteroatoms. The molecular weight excluding hydrogens is 245 g/mol. The highest BCUT2D eigenvalue weighted by Gasteiger charge is 2.25. The van der Waals surface area contributed by atoms with Crippen molar-refractivity contribution in [1.82, 2.24) is 0 Å². The largest absolute Gasteiger partial charge is 0.321 e. The molecule has 1 aromatic heterocycles. The Morgan fingerprint density at radius 1 is 1.17 bits per heavy atom. The number of aryl methyl sites for hydroxylation is 1. The summed E-state index contributed by atoms with van der Waals surface area (Å²) in [5, 5.41) is 0. The van der Waals surface area contributed by atoms with E-state index in [9.17, 15) is 4.39 Å². The van der Waals surface area contributed by atoms with Gasteiger partial charge in [-0.15, -0.1) is 11.3 Å². The van der Waals surface area contributed by atoms with Crippen LogP contribution in [0.2, 0.25) is 0 Å². The average molecular weight is 263 g/mol. The zero-order chi connectivity index (χ0) is 13.2. The number of nitrogens with two attached hydrogens (primary N) is 1. The first-order chi connectivity index (χ1) is 8.53. The number of hydrogen-bond acceptors (Lipinski definition) is 2. The fourth-order valence-corrected chi connectivity index (χ4v) is 3.21. The third kappa shape index (κ3) is 2.79. The Morgan fingerprint density at radius 2 is 1.83 bits per heavy atom. The van der Waals surface area contributed by atoms with Gasteiger partial charge in [0.05, 0.1) is 0 Å². The summed E-state index contributed by atoms with van der Waals surface area (Å²) in [6, 6.07) is 11.0. The molecule has 1 nitrogen and oxygen atoms in total. The second-order valence-corrected chi connectivity index (χ2v) is 6.05. The Hall–Kier alpha value is -1.19. The lowest BCUT2D eigenvalue weighted by atomic mass is 9.89. The molecule has 96 valence electrons. The van der Waals surface area contributed by atoms with Gasteiger partial charge in [0.25, 0.3) is 0 Å². The van der Waals surface area contributed by atoms with Gasteiger partial charge < -0.3 is 5.73 Å². The van der Waals surface area contributed by atoms with E-state index in [0.29, 0.717) is 12.0 Å². The van der Waals surface area contributed by atoms with E-state index in [1.165, 1.54) is 15.8 Å². The van der Waals surface area contributed by atoms with Crippen LogP contribution in [0.15, 0.2) is 36.4 Å². The first-order valence-corrected chi connectivity index (χ1v) is 6.96. The van der Waals surface area contributed by atoms with E-state index in [-0.39, 0.29) is 5.82 Å². The third-order valence-corrected chi connectivity index (χ3v) is 4.33. The van der Waals surface area contributed by atoms with Crippen molar-refractivity contribution in [2.45, 2.75) is 32.2 Å². The summed E-state index contributed by atoms with van der Waals surface area (Å²) in [7, 11) is 0. The molecule has 0 amide bonds. The van der Waals surface area contributed by atoms with Crippen molar-refractivity contribution in [3.63, 3.8) is 0 Å². The molecule has 0 aliphatic carbocycles. The monoisotopic (exact) mass is 263 g/mol. The highest BCUT2D eigenvalue weighted by molar-refractivity contribution is 7.12. The van der Waals surface area contributed by atoms with Crippen LogP contribution in [0.5, 0.6) is 0 Å². The fraction of sp³-hybridized carbons (Fsp3) is 0.333. The van der Waals surface area contributed by atoms with Crippen LogP contribution in [-0.2, 0) is 18.4 Å². The summed E-state index contributed by atoms with van der Waals surface area (Å²) in [6.07, 6.45) is 1.70. The third-order valence-electron chi connectivity index (χ3n) is 3.10. The SMILES string of the molecule is CCc1ccc(CC(C)(N)c2ccccc2F)s1. The van der Waals surface area contributed by atoms with Crippen molar-refractivity contribution < 1.29 is 4.39 Å². The molecule has 0 saturated carbocycles. The summed E-state index contributed by atoms with van der Waals surface area (Å²) < 4.78 is 13.8. The average Bonchev–Trinajstić information content (AvgIpc) is 2.76. The van der Waals surface area contributed by atoms with Crippen molar-refractivity contribution >= 4 is 11.3 Å². The van der Waals surface area contributed by atoms with Gasteiger partial charge in [-0.25, -0.2) is 4.39 Å². The van der Waals surface area contributed by atoms with Crippen LogP contribution in [0.1, 0.15) is 29.2 Å². The Kier molecular flexibility index (Phi) is 3.83. The molecular formula is C15H18FNS. The molecule has 1 aromatic carbocycles. The molecule has 0 saturated heterocycles. The summed E-state index contributed by atoms with van der Waals surface area (Å²) in [4.78, 5) is 2.55. The van der Waals surface area contributed by atoms with Gasteiger partial charge in [0.15, 0.2) is 0 Å². The number of thiophene rings is 1. The van der Waals surface area contributed by atoms with Crippen molar-refractivity contribution in [1.29, 1.82) is 0 Å². The smallest absolute Gasteiger partial charge is 0.128 e. The Labute approximate surface area is 111 Å². The minimum atomic E-state index is -0.665. The lowest BCUT2D eigenvalue weighted by Crippen LogP contribution is -2.36. The van der Waals surface area contributed by atoms with Crippen LogP contribution in [0, 0.1) is 5.82 Å². The maximum absolute atomic E-state index is 13.8. The molecule has 2 rings (SSSR count). The minimum Gasteiger partial charge on any atom is -0.321 e. The van der Waals surface area contributed by atoms with Crippen LogP contribution in [0.25, 0.3) is 0 Å². The Morgan fingerprint density at radius 3 is 2.44 bits per heavy atom. The van der Waals surface area contributed by atoms with E-state index in [4.69, 9.17) is 5.73 Å². The van der Waals surface area contributed by atoms with Gasteiger partial charge >= 0.3 is 0 Å². The molecule has 0 fully saturated rings. The Bertz CT molecular complexity index is 531. The molecule has 1 heterocycles. The topological polar surface area (TPSA) is 26.0 Å². The van der Waals surface area contributed by atoms with Crippen molar-refractivity contribution in [3.05, 3.63) is 57.5 Å². The maximum atomic E-state index is 13.8. The van der Waals surface area contributed by atoms with Crippen LogP contribution in [-0.4, -0.2) is 0 Å². The zero-order valence-corrected chi connectivity index (χ0v) is 11.6. The van der Waals surface area contributed by atoms with E-state index in [0.717, 1.165) is 6.42 Å². The molecule has 0 radical (unpaired) electrons. The number of hydrogen-bond donors (Lipinski definition) is 1. The summed E-state index contributed by atoms with van der Waals surface area (Å²) >= 11 is 1.76. The van der Waals surface area contributed by atoms with Gasteiger partial charge in [0.1, 0.15) is 5.82 Å². The molecule has 1 unspecified atom stereocenters. The van der Waals surface area contributed by atoms with Crippen LogP contribution in [0.4, 0.5) is 4.39 Å². The van der Waals surface area contributed by atoms with Crippen LogP contribution >= 0.6 is 11.3 Å². The second kappa shape index (κ2) is 5.21.